The van der Waals surface area contributed by atoms with Crippen molar-refractivity contribution in [1.82, 2.24) is 9.80 Å². The van der Waals surface area contributed by atoms with Crippen molar-refractivity contribution >= 4 is 30.1 Å². The van der Waals surface area contributed by atoms with E-state index in [0.29, 0.717) is 32.0 Å². The summed E-state index contributed by atoms with van der Waals surface area (Å²) in [7, 11) is -0.454. The molecular weight excluding hydrogens is 501 g/mol. The van der Waals surface area contributed by atoms with Gasteiger partial charge in [-0.05, 0) is 109 Å². The molecule has 40 heavy (non-hydrogen) atoms. The molecule has 1 aromatic carbocycles. The van der Waals surface area contributed by atoms with Gasteiger partial charge in [0.1, 0.15) is 0 Å². The topological polar surface area (TPSA) is 62.3 Å². The van der Waals surface area contributed by atoms with E-state index in [0.717, 1.165) is 42.4 Å². The van der Waals surface area contributed by atoms with Crippen LogP contribution in [-0.2, 0) is 24.3 Å². The van der Waals surface area contributed by atoms with Crippen LogP contribution in [0.15, 0.2) is 18.2 Å². The molecular formula is C32H46BN3O4. The Labute approximate surface area is 240 Å². The summed E-state index contributed by atoms with van der Waals surface area (Å²) < 4.78 is 12.8. The van der Waals surface area contributed by atoms with E-state index in [1.165, 1.54) is 32.4 Å². The lowest BCUT2D eigenvalue weighted by Gasteiger charge is -2.48. The van der Waals surface area contributed by atoms with Crippen molar-refractivity contribution in [2.75, 3.05) is 31.1 Å². The van der Waals surface area contributed by atoms with Crippen LogP contribution in [0.1, 0.15) is 98.0 Å². The zero-order valence-electron chi connectivity index (χ0n) is 25.1. The second-order valence-corrected chi connectivity index (χ2v) is 14.9. The number of fused-ring (bicyclic) bond motifs is 2. The highest BCUT2D eigenvalue weighted by atomic mass is 16.7. The molecule has 2 amide bonds. The van der Waals surface area contributed by atoms with Gasteiger partial charge in [-0.25, -0.2) is 0 Å². The highest BCUT2D eigenvalue weighted by Gasteiger charge is 2.58. The second-order valence-electron chi connectivity index (χ2n) is 14.9. The van der Waals surface area contributed by atoms with Crippen LogP contribution in [-0.4, -0.2) is 78.2 Å². The van der Waals surface area contributed by atoms with Gasteiger partial charge in [0.05, 0.1) is 16.6 Å². The minimum absolute atomic E-state index is 0.165. The van der Waals surface area contributed by atoms with Gasteiger partial charge in [0.25, 0.3) is 0 Å². The zero-order valence-corrected chi connectivity index (χ0v) is 25.1. The van der Waals surface area contributed by atoms with E-state index in [-0.39, 0.29) is 23.3 Å². The molecule has 4 heterocycles. The molecule has 5 fully saturated rings. The molecule has 0 atom stereocenters. The molecule has 2 aliphatic carbocycles. The van der Waals surface area contributed by atoms with Crippen LogP contribution in [0.4, 0.5) is 5.69 Å². The summed E-state index contributed by atoms with van der Waals surface area (Å²) in [6, 6.07) is 7.29. The molecule has 1 aromatic rings. The van der Waals surface area contributed by atoms with Crippen LogP contribution >= 0.6 is 0 Å². The Balaban J connectivity index is 1.18. The number of rotatable bonds is 4. The van der Waals surface area contributed by atoms with Gasteiger partial charge in [0.2, 0.25) is 11.8 Å². The molecule has 1 spiro atoms. The van der Waals surface area contributed by atoms with Crippen molar-refractivity contribution in [2.24, 2.45) is 5.41 Å². The van der Waals surface area contributed by atoms with Gasteiger partial charge in [-0.1, -0.05) is 25.5 Å². The van der Waals surface area contributed by atoms with Gasteiger partial charge in [-0.3, -0.25) is 9.59 Å². The molecule has 3 saturated heterocycles. The van der Waals surface area contributed by atoms with E-state index in [1.807, 2.05) is 4.90 Å². The summed E-state index contributed by atoms with van der Waals surface area (Å²) >= 11 is 0. The lowest BCUT2D eigenvalue weighted by Crippen LogP contribution is -2.58. The number of anilines is 1. The third-order valence-corrected chi connectivity index (χ3v) is 11.7. The van der Waals surface area contributed by atoms with Crippen molar-refractivity contribution in [3.63, 3.8) is 0 Å². The zero-order chi connectivity index (χ0) is 28.1. The maximum Gasteiger partial charge on any atom is 0.494 e. The van der Waals surface area contributed by atoms with Gasteiger partial charge in [0.15, 0.2) is 0 Å². The fourth-order valence-electron chi connectivity index (χ4n) is 7.81. The summed E-state index contributed by atoms with van der Waals surface area (Å²) in [4.78, 5) is 34.5. The van der Waals surface area contributed by atoms with Gasteiger partial charge < -0.3 is 24.0 Å². The predicted molar refractivity (Wildman–Crippen MR) is 157 cm³/mol. The Bertz CT molecular complexity index is 1190. The van der Waals surface area contributed by atoms with Crippen molar-refractivity contribution in [3.8, 4) is 0 Å². The summed E-state index contributed by atoms with van der Waals surface area (Å²) in [5.74, 6) is 0.532. The summed E-state index contributed by atoms with van der Waals surface area (Å²) in [6.07, 6.45) is 9.41. The van der Waals surface area contributed by atoms with Crippen LogP contribution in [0.5, 0.6) is 0 Å². The van der Waals surface area contributed by atoms with E-state index in [1.54, 1.807) is 0 Å². The van der Waals surface area contributed by atoms with Crippen LogP contribution in [0.3, 0.4) is 0 Å². The molecule has 0 bridgehead atoms. The van der Waals surface area contributed by atoms with Gasteiger partial charge >= 0.3 is 7.12 Å². The molecule has 2 saturated carbocycles. The average molecular weight is 548 g/mol. The fourth-order valence-corrected chi connectivity index (χ4v) is 7.81. The Hall–Kier alpha value is -1.90. The lowest BCUT2D eigenvalue weighted by atomic mass is 9.71. The van der Waals surface area contributed by atoms with Crippen LogP contribution < -0.4 is 10.4 Å². The number of likely N-dealkylation sites (tertiary alicyclic amines) is 2. The van der Waals surface area contributed by atoms with Crippen LogP contribution in [0, 0.1) is 5.41 Å². The fraction of sp³-hybridized carbons (Fsp3) is 0.750. The Kier molecular flexibility index (Phi) is 6.10. The lowest BCUT2D eigenvalue weighted by molar-refractivity contribution is -0.140. The van der Waals surface area contributed by atoms with E-state index in [9.17, 15) is 9.59 Å². The average Bonchev–Trinajstić information content (AvgIpc) is 3.57. The van der Waals surface area contributed by atoms with E-state index in [4.69, 9.17) is 9.31 Å². The Morgan fingerprint density at radius 2 is 1.48 bits per heavy atom. The quantitative estimate of drug-likeness (QED) is 0.534. The molecule has 6 aliphatic rings. The number of piperidine rings is 2. The first-order valence-electron chi connectivity index (χ1n) is 15.8. The number of benzene rings is 1. The van der Waals surface area contributed by atoms with E-state index >= 15 is 0 Å². The third-order valence-electron chi connectivity index (χ3n) is 11.7. The van der Waals surface area contributed by atoms with Crippen molar-refractivity contribution in [2.45, 2.75) is 121 Å². The summed E-state index contributed by atoms with van der Waals surface area (Å²) in [6.45, 7) is 14.1. The monoisotopic (exact) mass is 547 g/mol. The predicted octanol–water partition coefficient (Wildman–Crippen LogP) is 4.01. The van der Waals surface area contributed by atoms with Crippen molar-refractivity contribution < 1.29 is 18.9 Å². The maximum atomic E-state index is 14.5. The largest absolute Gasteiger partial charge is 0.494 e. The normalized spacial score (nSPS) is 31.8. The van der Waals surface area contributed by atoms with E-state index in [2.05, 4.69) is 62.6 Å². The molecule has 4 aliphatic heterocycles. The standard InChI is InChI=1S/C32H46BN3O4/c1-29(2)30(3,4)40-33(39-29)22-9-10-25-26(19-22)36(24-20-23(21-24)34-15-7-6-8-16-34)28(38)32(25)13-17-35(18-14-32)27(37)31(5)11-12-31/h9-10,19,23-24H,6-8,11-18,20-21H2,1-5H3. The first kappa shape index (κ1) is 27.0. The van der Waals surface area contributed by atoms with Gasteiger partial charge in [-0.2, -0.15) is 0 Å². The van der Waals surface area contributed by atoms with Crippen molar-refractivity contribution in [1.29, 1.82) is 0 Å². The van der Waals surface area contributed by atoms with Gasteiger partial charge in [-0.15, -0.1) is 0 Å². The molecule has 0 unspecified atom stereocenters. The number of carbonyl (C=O) groups is 2. The molecule has 8 heteroatoms. The highest BCUT2D eigenvalue weighted by molar-refractivity contribution is 6.62. The molecule has 7 nitrogen and oxygen atoms in total. The number of hydrogen-bond acceptors (Lipinski definition) is 5. The minimum Gasteiger partial charge on any atom is -0.399 e. The van der Waals surface area contributed by atoms with Crippen molar-refractivity contribution in [3.05, 3.63) is 23.8 Å². The number of hydrogen-bond donors (Lipinski definition) is 0. The first-order valence-corrected chi connectivity index (χ1v) is 15.8. The second kappa shape index (κ2) is 9.05. The third kappa shape index (κ3) is 4.03. The molecule has 0 radical (unpaired) electrons. The van der Waals surface area contributed by atoms with Gasteiger partial charge in [0, 0.05) is 36.3 Å². The Morgan fingerprint density at radius 1 is 0.850 bits per heavy atom. The summed E-state index contributed by atoms with van der Waals surface area (Å²) in [5, 5.41) is 0. The number of nitrogens with zero attached hydrogens (tertiary/aromatic N) is 3. The molecule has 7 rings (SSSR count). The molecule has 0 aromatic heterocycles. The smallest absolute Gasteiger partial charge is 0.399 e. The Morgan fingerprint density at radius 3 is 2.08 bits per heavy atom. The number of amides is 2. The first-order chi connectivity index (χ1) is 18.9. The van der Waals surface area contributed by atoms with Crippen LogP contribution in [0.2, 0.25) is 0 Å². The summed E-state index contributed by atoms with van der Waals surface area (Å²) in [5.41, 5.74) is 1.63. The highest BCUT2D eigenvalue weighted by Crippen LogP contribution is 2.52. The minimum atomic E-state index is -0.540. The molecule has 0 N–H and O–H groups in total. The number of carbonyl (C=O) groups excluding carboxylic acids is 2. The maximum absolute atomic E-state index is 14.5. The van der Waals surface area contributed by atoms with Crippen LogP contribution in [0.25, 0.3) is 0 Å². The molecule has 216 valence electrons. The van der Waals surface area contributed by atoms with E-state index < -0.39 is 23.7 Å². The SMILES string of the molecule is CC1(C(=O)N2CCC3(CC2)C(=O)N(C2CC(N4CCCCC4)C2)c2cc(B4OC(C)(C)C(C)(C)O4)ccc23)CC1.